The second-order valence-electron chi connectivity index (χ2n) is 9.45. The summed E-state index contributed by atoms with van der Waals surface area (Å²) < 4.78 is 0. The molecule has 0 aromatic heterocycles. The Bertz CT molecular complexity index is 695. The molecule has 1 aliphatic rings. The molecule has 19 heteroatoms. The zero-order valence-electron chi connectivity index (χ0n) is 24.4. The topological polar surface area (TPSA) is 287 Å². The number of carboxylic acids is 4. The molecule has 0 bridgehead atoms. The molecule has 18 nitrogen and oxygen atoms in total. The molecular weight excluding hydrogens is 712 g/mol. The van der Waals surface area contributed by atoms with Crippen LogP contribution in [0.4, 0.5) is 0 Å². The fourth-order valence-electron chi connectivity index (χ4n) is 3.83. The fourth-order valence-corrected chi connectivity index (χ4v) is 3.83. The van der Waals surface area contributed by atoms with Gasteiger partial charge in [0.1, 0.15) is 18.3 Å². The Kier molecular flexibility index (Phi) is 24.7. The number of carbonyl (C=O) groups is 4. The quantitative estimate of drug-likeness (QED) is 0.0960. The SMILES string of the molecule is CNCC(O)C(O)[C@H](O)[C@H](O)CO.O=C([O-])CN1CCN(CC(=O)[O-])CCN(CC(=O)[O-])CCN(CC(=O)[O-])CC1.[Gd+3].[H+]. The van der Waals surface area contributed by atoms with Crippen LogP contribution in [0.25, 0.3) is 0 Å². The van der Waals surface area contributed by atoms with Gasteiger partial charge in [-0.2, -0.15) is 0 Å². The molecule has 0 aliphatic carbocycles. The van der Waals surface area contributed by atoms with E-state index < -0.39 is 54.9 Å². The van der Waals surface area contributed by atoms with Crippen LogP contribution in [-0.2, 0) is 19.2 Å². The molecule has 6 N–H and O–H groups in total. The van der Waals surface area contributed by atoms with Crippen molar-refractivity contribution in [2.45, 2.75) is 24.4 Å². The van der Waals surface area contributed by atoms with Gasteiger partial charge < -0.3 is 70.5 Å². The van der Waals surface area contributed by atoms with Crippen molar-refractivity contribution in [3.05, 3.63) is 0 Å². The summed E-state index contributed by atoms with van der Waals surface area (Å²) in [5, 5.41) is 91.3. The Morgan fingerprint density at radius 3 is 1.05 bits per heavy atom. The summed E-state index contributed by atoms with van der Waals surface area (Å²) in [6.45, 7) is -0.414. The van der Waals surface area contributed by atoms with Crippen LogP contribution >= 0.6 is 0 Å². The van der Waals surface area contributed by atoms with Crippen LogP contribution in [0.5, 0.6) is 0 Å². The number of aliphatic hydroxyl groups is 5. The monoisotopic (exact) mass is 754 g/mol. The van der Waals surface area contributed by atoms with Gasteiger partial charge in [0.2, 0.25) is 0 Å². The standard InChI is InChI=1S/C16H28N4O8.C7H17NO5.Gd/c21-13(22)9-17-1-2-18(10-14(23)24)5-6-20(12-16(27)28)8-7-19(4-3-17)11-15(25)26;1-8-2-4(10)6(12)7(13)5(11)3-9;/h1-12H2,(H,21,22)(H,23,24)(H,25,26)(H,27,28);4-13H,2-3H2,1H3;/q;;+3/p-3/t;4?,5-,6?,7-;/m.1./s1. The Morgan fingerprint density at radius 1 is 0.619 bits per heavy atom. The zero-order chi connectivity index (χ0) is 31.5. The van der Waals surface area contributed by atoms with E-state index in [-0.39, 0.29) is 126 Å². The van der Waals surface area contributed by atoms with E-state index in [2.05, 4.69) is 5.32 Å². The average Bonchev–Trinajstić information content (AvgIpc) is 2.88. The van der Waals surface area contributed by atoms with Gasteiger partial charge in [0.25, 0.3) is 0 Å². The van der Waals surface area contributed by atoms with Gasteiger partial charge in [0.05, 0.1) is 36.6 Å². The van der Waals surface area contributed by atoms with E-state index in [1.807, 2.05) is 0 Å². The molecule has 0 amide bonds. The average molecular weight is 754 g/mol. The summed E-state index contributed by atoms with van der Waals surface area (Å²) in [6, 6.07) is 0. The van der Waals surface area contributed by atoms with E-state index in [4.69, 9.17) is 20.4 Å². The number of hydrogen-bond donors (Lipinski definition) is 6. The van der Waals surface area contributed by atoms with Gasteiger partial charge in [-0.3, -0.25) is 19.6 Å². The molecule has 4 atom stereocenters. The van der Waals surface area contributed by atoms with Crippen molar-refractivity contribution in [3.8, 4) is 0 Å². The third kappa shape index (κ3) is 20.7. The molecule has 42 heavy (non-hydrogen) atoms. The van der Waals surface area contributed by atoms with Crippen molar-refractivity contribution in [1.29, 1.82) is 0 Å². The summed E-state index contributed by atoms with van der Waals surface area (Å²) in [4.78, 5) is 49.9. The third-order valence-corrected chi connectivity index (χ3v) is 6.08. The largest absolute Gasteiger partial charge is 3.00 e. The molecular formula is C23H42GdN5O13. The number of rotatable bonds is 14. The van der Waals surface area contributed by atoms with E-state index in [1.165, 1.54) is 19.6 Å². The van der Waals surface area contributed by atoms with E-state index in [9.17, 15) is 44.7 Å². The normalized spacial score (nSPS) is 19.4. The minimum Gasteiger partial charge on any atom is -0.549 e. The molecule has 1 radical (unpaired) electrons. The van der Waals surface area contributed by atoms with Gasteiger partial charge in [-0.1, -0.05) is 0 Å². The van der Waals surface area contributed by atoms with Crippen molar-refractivity contribution in [2.24, 2.45) is 0 Å². The summed E-state index contributed by atoms with van der Waals surface area (Å²) >= 11 is 0. The molecule has 1 rings (SSSR count). The van der Waals surface area contributed by atoms with Gasteiger partial charge in [0, 0.05) is 85.1 Å². The van der Waals surface area contributed by atoms with Gasteiger partial charge in [-0.15, -0.1) is 0 Å². The number of nitrogens with one attached hydrogen (secondary N) is 1. The Balaban J connectivity index is -0.000000907. The molecule has 1 heterocycles. The van der Waals surface area contributed by atoms with Crippen LogP contribution in [0.2, 0.25) is 0 Å². The first kappa shape index (κ1) is 42.9. The molecule has 1 saturated heterocycles. The first-order valence-corrected chi connectivity index (χ1v) is 12.9. The third-order valence-electron chi connectivity index (χ3n) is 6.08. The smallest absolute Gasteiger partial charge is 0.549 e. The van der Waals surface area contributed by atoms with Crippen LogP contribution in [0, 0.1) is 39.9 Å². The number of carboxylic acid groups (broad SMARTS) is 4. The molecule has 0 saturated carbocycles. The second-order valence-corrected chi connectivity index (χ2v) is 9.45. The van der Waals surface area contributed by atoms with Crippen LogP contribution in [0.15, 0.2) is 0 Å². The van der Waals surface area contributed by atoms with Gasteiger partial charge in [-0.05, 0) is 7.05 Å². The Labute approximate surface area is 277 Å². The zero-order valence-corrected chi connectivity index (χ0v) is 25.6. The summed E-state index contributed by atoms with van der Waals surface area (Å²) in [6.07, 6.45) is -5.65. The number of carbonyl (C=O) groups excluding carboxylic acids is 4. The summed E-state index contributed by atoms with van der Waals surface area (Å²) in [5.74, 6) is -5.20. The van der Waals surface area contributed by atoms with Crippen molar-refractivity contribution < 1.29 is 107 Å². The molecule has 1 fully saturated rings. The van der Waals surface area contributed by atoms with Gasteiger partial charge >= 0.3 is 41.4 Å². The maximum absolute atomic E-state index is 11.0. The van der Waals surface area contributed by atoms with Crippen LogP contribution < -0.4 is 25.7 Å². The molecule has 0 aromatic carbocycles. The summed E-state index contributed by atoms with van der Waals surface area (Å²) in [7, 11) is 1.57. The predicted octanol–water partition coefficient (Wildman–Crippen LogP) is -11.0. The number of hydrogen-bond acceptors (Lipinski definition) is 18. The minimum absolute atomic E-state index is 0. The first-order valence-electron chi connectivity index (χ1n) is 12.9. The Hall–Kier alpha value is -1.20. The number of aliphatic hydroxyl groups excluding tert-OH is 5. The van der Waals surface area contributed by atoms with Gasteiger partial charge in [-0.25, -0.2) is 0 Å². The van der Waals surface area contributed by atoms with Gasteiger partial charge in [0.15, 0.2) is 0 Å². The van der Waals surface area contributed by atoms with Crippen LogP contribution in [0.3, 0.4) is 0 Å². The van der Waals surface area contributed by atoms with Crippen molar-refractivity contribution in [2.75, 3.05) is 98.7 Å². The summed E-state index contributed by atoms with van der Waals surface area (Å²) in [5.41, 5.74) is 0. The van der Waals surface area contributed by atoms with Crippen LogP contribution in [0.1, 0.15) is 1.43 Å². The maximum Gasteiger partial charge on any atom is 3.00 e. The number of nitrogens with zero attached hydrogens (tertiary/aromatic N) is 4. The first-order chi connectivity index (χ1) is 19.2. The Morgan fingerprint density at radius 2 is 0.857 bits per heavy atom. The van der Waals surface area contributed by atoms with Crippen molar-refractivity contribution >= 4 is 23.9 Å². The fraction of sp³-hybridized carbons (Fsp3) is 0.826. The minimum atomic E-state index is -1.55. The molecule has 1 aliphatic heterocycles. The van der Waals surface area contributed by atoms with Crippen molar-refractivity contribution in [3.63, 3.8) is 0 Å². The molecule has 2 unspecified atom stereocenters. The van der Waals surface area contributed by atoms with E-state index in [0.29, 0.717) is 0 Å². The van der Waals surface area contributed by atoms with E-state index in [0.717, 1.165) is 0 Å². The number of likely N-dealkylation sites (N-methyl/N-ethyl adjacent to an activating group) is 1. The predicted molar refractivity (Wildman–Crippen MR) is 132 cm³/mol. The molecule has 245 valence electrons. The van der Waals surface area contributed by atoms with E-state index >= 15 is 0 Å². The van der Waals surface area contributed by atoms with Crippen LogP contribution in [-0.4, -0.2) is 192 Å². The van der Waals surface area contributed by atoms with E-state index in [1.54, 1.807) is 7.05 Å². The maximum atomic E-state index is 11.0. The van der Waals surface area contributed by atoms with Crippen molar-refractivity contribution in [1.82, 2.24) is 24.9 Å². The molecule has 0 spiro atoms. The molecule has 0 aromatic rings. The number of aliphatic carboxylic acids is 4. The second kappa shape index (κ2) is 24.2.